The van der Waals surface area contributed by atoms with E-state index < -0.39 is 5.97 Å². The average Bonchev–Trinajstić information content (AvgIpc) is 2.47. The van der Waals surface area contributed by atoms with E-state index >= 15 is 0 Å². The molecule has 0 atom stereocenters. The van der Waals surface area contributed by atoms with Crippen LogP contribution in [0.25, 0.3) is 10.9 Å². The zero-order valence-corrected chi connectivity index (χ0v) is 11.2. The van der Waals surface area contributed by atoms with Crippen molar-refractivity contribution < 1.29 is 9.90 Å². The van der Waals surface area contributed by atoms with Crippen LogP contribution in [0.1, 0.15) is 23.7 Å². The molecule has 0 amide bonds. The number of carboxylic acid groups (broad SMARTS) is 1. The summed E-state index contributed by atoms with van der Waals surface area (Å²) in [4.78, 5) is 17.7. The summed E-state index contributed by atoms with van der Waals surface area (Å²) in [6, 6.07) is 11.1. The van der Waals surface area contributed by atoms with Gasteiger partial charge in [0, 0.05) is 18.5 Å². The van der Waals surface area contributed by atoms with Crippen LogP contribution in [0.5, 0.6) is 0 Å². The summed E-state index contributed by atoms with van der Waals surface area (Å²) in [5.74, 6) is -0.581. The third-order valence-corrected chi connectivity index (χ3v) is 3.11. The van der Waals surface area contributed by atoms with Crippen molar-refractivity contribution in [2.24, 2.45) is 0 Å². The molecule has 0 saturated carbocycles. The number of aromatic nitrogens is 1. The number of para-hydroxylation sites is 1. The molecule has 0 unspecified atom stereocenters. The second-order valence-corrected chi connectivity index (χ2v) is 4.35. The van der Waals surface area contributed by atoms with Gasteiger partial charge in [-0.3, -0.25) is 0 Å². The van der Waals surface area contributed by atoms with Crippen molar-refractivity contribution in [1.29, 1.82) is 5.26 Å². The number of nitriles is 1. The molecule has 0 aliphatic rings. The van der Waals surface area contributed by atoms with Crippen molar-refractivity contribution in [3.63, 3.8) is 0 Å². The summed E-state index contributed by atoms with van der Waals surface area (Å²) in [5, 5.41) is 18.9. The number of carboxylic acids is 1. The molecular weight excluding hydrogens is 254 g/mol. The fourth-order valence-corrected chi connectivity index (χ4v) is 2.10. The van der Waals surface area contributed by atoms with Crippen LogP contribution in [0.2, 0.25) is 0 Å². The number of carbonyl (C=O) groups is 1. The van der Waals surface area contributed by atoms with Crippen molar-refractivity contribution in [1.82, 2.24) is 4.98 Å². The van der Waals surface area contributed by atoms with E-state index in [-0.39, 0.29) is 5.56 Å². The standard InChI is InChI=1S/C15H15N3O2/c1-2-18(9-5-8-16)14-12(15(19)20)10-11-6-3-4-7-13(11)17-14/h3-4,6-7,10H,2,5,9H2,1H3,(H,19,20). The largest absolute Gasteiger partial charge is 0.478 e. The molecule has 2 aromatic rings. The molecule has 20 heavy (non-hydrogen) atoms. The molecule has 0 bridgehead atoms. The number of hydrogen-bond acceptors (Lipinski definition) is 4. The third-order valence-electron chi connectivity index (χ3n) is 3.11. The topological polar surface area (TPSA) is 77.2 Å². The van der Waals surface area contributed by atoms with Gasteiger partial charge >= 0.3 is 5.97 Å². The zero-order chi connectivity index (χ0) is 14.5. The SMILES string of the molecule is CCN(CCC#N)c1nc2ccccc2cc1C(=O)O. The van der Waals surface area contributed by atoms with E-state index in [1.807, 2.05) is 36.1 Å². The van der Waals surface area contributed by atoms with Gasteiger partial charge < -0.3 is 10.0 Å². The Balaban J connectivity index is 2.56. The molecule has 102 valence electrons. The predicted octanol–water partition coefficient (Wildman–Crippen LogP) is 2.67. The maximum absolute atomic E-state index is 11.4. The lowest BCUT2D eigenvalue weighted by atomic mass is 10.1. The normalized spacial score (nSPS) is 10.2. The monoisotopic (exact) mass is 269 g/mol. The Morgan fingerprint density at radius 1 is 1.45 bits per heavy atom. The highest BCUT2D eigenvalue weighted by atomic mass is 16.4. The summed E-state index contributed by atoms with van der Waals surface area (Å²) in [6.07, 6.45) is 0.335. The minimum Gasteiger partial charge on any atom is -0.478 e. The van der Waals surface area contributed by atoms with Gasteiger partial charge in [-0.15, -0.1) is 0 Å². The summed E-state index contributed by atoms with van der Waals surface area (Å²) in [5.41, 5.74) is 0.923. The number of fused-ring (bicyclic) bond motifs is 1. The Bertz CT molecular complexity index is 676. The molecule has 5 nitrogen and oxygen atoms in total. The van der Waals surface area contributed by atoms with Crippen molar-refractivity contribution in [2.45, 2.75) is 13.3 Å². The van der Waals surface area contributed by atoms with Crippen molar-refractivity contribution in [3.8, 4) is 6.07 Å². The summed E-state index contributed by atoms with van der Waals surface area (Å²) in [7, 11) is 0. The number of pyridine rings is 1. The highest BCUT2D eigenvalue weighted by molar-refractivity contribution is 5.98. The maximum atomic E-state index is 11.4. The smallest absolute Gasteiger partial charge is 0.339 e. The van der Waals surface area contributed by atoms with E-state index in [1.54, 1.807) is 6.07 Å². The molecule has 0 spiro atoms. The van der Waals surface area contributed by atoms with Gasteiger partial charge in [0.1, 0.15) is 11.4 Å². The fourth-order valence-electron chi connectivity index (χ4n) is 2.10. The van der Waals surface area contributed by atoms with Gasteiger partial charge in [-0.25, -0.2) is 9.78 Å². The van der Waals surface area contributed by atoms with Gasteiger partial charge in [0.25, 0.3) is 0 Å². The van der Waals surface area contributed by atoms with Crippen LogP contribution in [0.15, 0.2) is 30.3 Å². The van der Waals surface area contributed by atoms with E-state index in [2.05, 4.69) is 11.1 Å². The van der Waals surface area contributed by atoms with Gasteiger partial charge in [0.15, 0.2) is 0 Å². The fraction of sp³-hybridized carbons (Fsp3) is 0.267. The minimum absolute atomic E-state index is 0.170. The number of nitrogens with zero attached hydrogens (tertiary/aromatic N) is 3. The Morgan fingerprint density at radius 3 is 2.85 bits per heavy atom. The number of hydrogen-bond donors (Lipinski definition) is 1. The van der Waals surface area contributed by atoms with Crippen LogP contribution in [-0.2, 0) is 0 Å². The summed E-state index contributed by atoms with van der Waals surface area (Å²) in [6.45, 7) is 2.99. The van der Waals surface area contributed by atoms with Crippen LogP contribution in [0.4, 0.5) is 5.82 Å². The molecule has 0 saturated heterocycles. The van der Waals surface area contributed by atoms with Gasteiger partial charge in [0.05, 0.1) is 18.0 Å². The van der Waals surface area contributed by atoms with Crippen molar-refractivity contribution >= 4 is 22.7 Å². The number of rotatable bonds is 5. The van der Waals surface area contributed by atoms with Crippen LogP contribution < -0.4 is 4.90 Å². The van der Waals surface area contributed by atoms with E-state index in [0.717, 1.165) is 10.9 Å². The highest BCUT2D eigenvalue weighted by Gasteiger charge is 2.17. The van der Waals surface area contributed by atoms with Crippen LogP contribution in [0, 0.1) is 11.3 Å². The van der Waals surface area contributed by atoms with E-state index in [9.17, 15) is 9.90 Å². The first-order chi connectivity index (χ1) is 9.67. The summed E-state index contributed by atoms with van der Waals surface area (Å²) >= 11 is 0. The molecule has 0 radical (unpaired) electrons. The Labute approximate surface area is 117 Å². The van der Waals surface area contributed by atoms with Crippen molar-refractivity contribution in [3.05, 3.63) is 35.9 Å². The molecule has 1 aromatic heterocycles. The first-order valence-electron chi connectivity index (χ1n) is 6.42. The molecule has 0 aliphatic heterocycles. The van der Waals surface area contributed by atoms with Crippen molar-refractivity contribution in [2.75, 3.05) is 18.0 Å². The second kappa shape index (κ2) is 6.02. The lowest BCUT2D eigenvalue weighted by Gasteiger charge is -2.22. The third kappa shape index (κ3) is 2.69. The summed E-state index contributed by atoms with van der Waals surface area (Å²) < 4.78 is 0. The first-order valence-corrected chi connectivity index (χ1v) is 6.42. The number of aromatic carboxylic acids is 1. The van der Waals surface area contributed by atoms with E-state index in [1.165, 1.54) is 0 Å². The average molecular weight is 269 g/mol. The maximum Gasteiger partial charge on any atom is 0.339 e. The van der Waals surface area contributed by atoms with Gasteiger partial charge in [-0.1, -0.05) is 18.2 Å². The van der Waals surface area contributed by atoms with E-state index in [0.29, 0.717) is 25.3 Å². The molecule has 0 fully saturated rings. The predicted molar refractivity (Wildman–Crippen MR) is 76.8 cm³/mol. The van der Waals surface area contributed by atoms with Gasteiger partial charge in [-0.05, 0) is 19.1 Å². The zero-order valence-electron chi connectivity index (χ0n) is 11.2. The molecule has 1 N–H and O–H groups in total. The quantitative estimate of drug-likeness (QED) is 0.902. The van der Waals surface area contributed by atoms with Gasteiger partial charge in [-0.2, -0.15) is 5.26 Å². The molecule has 2 rings (SSSR count). The lowest BCUT2D eigenvalue weighted by molar-refractivity contribution is 0.0697. The Morgan fingerprint density at radius 2 is 2.20 bits per heavy atom. The molecule has 1 aromatic carbocycles. The minimum atomic E-state index is -1.01. The van der Waals surface area contributed by atoms with Crippen LogP contribution in [-0.4, -0.2) is 29.1 Å². The van der Waals surface area contributed by atoms with Crippen LogP contribution in [0.3, 0.4) is 0 Å². The van der Waals surface area contributed by atoms with Crippen LogP contribution >= 0.6 is 0 Å². The number of anilines is 1. The molecular formula is C15H15N3O2. The number of benzene rings is 1. The molecule has 5 heteroatoms. The Kier molecular flexibility index (Phi) is 4.16. The molecule has 0 aliphatic carbocycles. The second-order valence-electron chi connectivity index (χ2n) is 4.35. The van der Waals surface area contributed by atoms with Gasteiger partial charge in [0.2, 0.25) is 0 Å². The van der Waals surface area contributed by atoms with E-state index in [4.69, 9.17) is 5.26 Å². The molecule has 1 heterocycles. The highest BCUT2D eigenvalue weighted by Crippen LogP contribution is 2.23. The Hall–Kier alpha value is -2.61. The first kappa shape index (κ1) is 13.8. The lowest BCUT2D eigenvalue weighted by Crippen LogP contribution is -2.27.